The summed E-state index contributed by atoms with van der Waals surface area (Å²) < 4.78 is 0. The van der Waals surface area contributed by atoms with Crippen molar-refractivity contribution >= 4 is 0 Å². The van der Waals surface area contributed by atoms with Crippen LogP contribution in [0, 0.1) is 12.8 Å². The lowest BCUT2D eigenvalue weighted by Gasteiger charge is -2.14. The quantitative estimate of drug-likeness (QED) is 0.442. The Morgan fingerprint density at radius 3 is 2.00 bits per heavy atom. The maximum atomic E-state index is 3.96. The molecular formula is C13H27. The van der Waals surface area contributed by atoms with E-state index in [0.29, 0.717) is 0 Å². The zero-order chi connectivity index (χ0) is 9.94. The van der Waals surface area contributed by atoms with Crippen molar-refractivity contribution in [1.82, 2.24) is 0 Å². The molecule has 1 atom stereocenters. The standard InChI is InChI=1S/C13H27/c1-4-7-9-12-13(10-6-3)11-8-5-2/h13H,3-12H2,1-2H3. The summed E-state index contributed by atoms with van der Waals surface area (Å²) in [5, 5.41) is 0. The fourth-order valence-corrected chi connectivity index (χ4v) is 1.90. The van der Waals surface area contributed by atoms with Gasteiger partial charge in [0.25, 0.3) is 0 Å². The molecule has 0 aliphatic heterocycles. The van der Waals surface area contributed by atoms with Crippen LogP contribution < -0.4 is 0 Å². The van der Waals surface area contributed by atoms with Gasteiger partial charge in [-0.25, -0.2) is 0 Å². The first-order chi connectivity index (χ1) is 6.35. The monoisotopic (exact) mass is 183 g/mol. The van der Waals surface area contributed by atoms with E-state index < -0.39 is 0 Å². The lowest BCUT2D eigenvalue weighted by molar-refractivity contribution is 0.392. The Morgan fingerprint density at radius 2 is 1.46 bits per heavy atom. The average molecular weight is 183 g/mol. The van der Waals surface area contributed by atoms with E-state index in [1.165, 1.54) is 51.4 Å². The Balaban J connectivity index is 3.41. The van der Waals surface area contributed by atoms with E-state index in [2.05, 4.69) is 20.8 Å². The van der Waals surface area contributed by atoms with Crippen LogP contribution >= 0.6 is 0 Å². The topological polar surface area (TPSA) is 0 Å². The van der Waals surface area contributed by atoms with Crippen LogP contribution in [-0.2, 0) is 0 Å². The van der Waals surface area contributed by atoms with E-state index in [4.69, 9.17) is 0 Å². The van der Waals surface area contributed by atoms with Crippen LogP contribution in [-0.4, -0.2) is 0 Å². The smallest absolute Gasteiger partial charge is 0.0414 e. The molecule has 0 saturated carbocycles. The van der Waals surface area contributed by atoms with Crippen molar-refractivity contribution in [3.8, 4) is 0 Å². The van der Waals surface area contributed by atoms with Gasteiger partial charge in [-0.05, 0) is 5.92 Å². The minimum absolute atomic E-state index is 0.976. The maximum absolute atomic E-state index is 3.96. The summed E-state index contributed by atoms with van der Waals surface area (Å²) in [5.41, 5.74) is 0. The highest BCUT2D eigenvalue weighted by Crippen LogP contribution is 2.21. The first-order valence-electron chi connectivity index (χ1n) is 6.14. The molecule has 0 heteroatoms. The molecule has 79 valence electrons. The van der Waals surface area contributed by atoms with Crippen molar-refractivity contribution < 1.29 is 0 Å². The molecule has 0 amide bonds. The molecule has 0 rings (SSSR count). The predicted octanol–water partition coefficient (Wildman–Crippen LogP) is 4.99. The summed E-state index contributed by atoms with van der Waals surface area (Å²) in [6.07, 6.45) is 12.3. The first-order valence-corrected chi connectivity index (χ1v) is 6.14. The van der Waals surface area contributed by atoms with Crippen LogP contribution in [0.15, 0.2) is 0 Å². The van der Waals surface area contributed by atoms with Crippen LogP contribution in [0.5, 0.6) is 0 Å². The second kappa shape index (κ2) is 10.1. The lowest BCUT2D eigenvalue weighted by Crippen LogP contribution is -2.00. The van der Waals surface area contributed by atoms with Crippen molar-refractivity contribution in [2.45, 2.75) is 71.6 Å². The predicted molar refractivity (Wildman–Crippen MR) is 61.7 cm³/mol. The van der Waals surface area contributed by atoms with Gasteiger partial charge in [0.15, 0.2) is 0 Å². The molecule has 1 radical (unpaired) electrons. The highest BCUT2D eigenvalue weighted by atomic mass is 14.1. The van der Waals surface area contributed by atoms with Crippen molar-refractivity contribution in [2.75, 3.05) is 0 Å². The highest BCUT2D eigenvalue weighted by Gasteiger charge is 2.05. The van der Waals surface area contributed by atoms with Crippen molar-refractivity contribution in [2.24, 2.45) is 5.92 Å². The second-order valence-corrected chi connectivity index (χ2v) is 4.15. The van der Waals surface area contributed by atoms with Gasteiger partial charge < -0.3 is 0 Å². The number of unbranched alkanes of at least 4 members (excludes halogenated alkanes) is 3. The summed E-state index contributed by atoms with van der Waals surface area (Å²) in [5.74, 6) is 0.976. The average Bonchev–Trinajstić information content (AvgIpc) is 2.14. The fourth-order valence-electron chi connectivity index (χ4n) is 1.90. The zero-order valence-corrected chi connectivity index (χ0v) is 9.65. The van der Waals surface area contributed by atoms with Gasteiger partial charge in [0.1, 0.15) is 0 Å². The number of rotatable bonds is 9. The summed E-state index contributed by atoms with van der Waals surface area (Å²) >= 11 is 0. The minimum atomic E-state index is 0.976. The number of hydrogen-bond acceptors (Lipinski definition) is 0. The summed E-state index contributed by atoms with van der Waals surface area (Å²) in [7, 11) is 0. The zero-order valence-electron chi connectivity index (χ0n) is 9.65. The van der Waals surface area contributed by atoms with Gasteiger partial charge in [0.05, 0.1) is 0 Å². The molecule has 0 aromatic rings. The van der Waals surface area contributed by atoms with Gasteiger partial charge in [0.2, 0.25) is 0 Å². The normalized spacial score (nSPS) is 13.2. The molecule has 0 aromatic carbocycles. The van der Waals surface area contributed by atoms with Gasteiger partial charge in [0, 0.05) is 0 Å². The molecule has 0 heterocycles. The molecule has 0 bridgehead atoms. The fraction of sp³-hybridized carbons (Fsp3) is 0.923. The van der Waals surface area contributed by atoms with E-state index in [-0.39, 0.29) is 0 Å². The molecule has 0 N–H and O–H groups in total. The van der Waals surface area contributed by atoms with Crippen LogP contribution in [0.3, 0.4) is 0 Å². The minimum Gasteiger partial charge on any atom is -0.0654 e. The third kappa shape index (κ3) is 8.33. The van der Waals surface area contributed by atoms with Gasteiger partial charge in [-0.3, -0.25) is 0 Å². The molecule has 0 nitrogen and oxygen atoms in total. The largest absolute Gasteiger partial charge is 0.0654 e. The van der Waals surface area contributed by atoms with E-state index in [1.54, 1.807) is 0 Å². The van der Waals surface area contributed by atoms with Gasteiger partial charge in [-0.1, -0.05) is 78.6 Å². The first kappa shape index (κ1) is 13.0. The Hall–Kier alpha value is 0. The third-order valence-electron chi connectivity index (χ3n) is 2.79. The van der Waals surface area contributed by atoms with Crippen LogP contribution in [0.4, 0.5) is 0 Å². The van der Waals surface area contributed by atoms with Gasteiger partial charge in [-0.15, -0.1) is 0 Å². The maximum Gasteiger partial charge on any atom is -0.0414 e. The Kier molecular flexibility index (Phi) is 10.1. The van der Waals surface area contributed by atoms with E-state index >= 15 is 0 Å². The summed E-state index contributed by atoms with van der Waals surface area (Å²) in [6, 6.07) is 0. The second-order valence-electron chi connectivity index (χ2n) is 4.15. The SMILES string of the molecule is [CH2]CCC(CCCC)CCCCC. The van der Waals surface area contributed by atoms with E-state index in [9.17, 15) is 0 Å². The third-order valence-corrected chi connectivity index (χ3v) is 2.79. The number of hydrogen-bond donors (Lipinski definition) is 0. The molecule has 1 unspecified atom stereocenters. The lowest BCUT2D eigenvalue weighted by atomic mass is 9.92. The van der Waals surface area contributed by atoms with Crippen LogP contribution in [0.1, 0.15) is 71.6 Å². The molecule has 0 aromatic heterocycles. The Bertz CT molecular complexity index is 86.0. The van der Waals surface area contributed by atoms with Crippen molar-refractivity contribution in [1.29, 1.82) is 0 Å². The summed E-state index contributed by atoms with van der Waals surface area (Å²) in [4.78, 5) is 0. The Labute approximate surface area is 85.1 Å². The molecule has 0 spiro atoms. The Morgan fingerprint density at radius 1 is 0.846 bits per heavy atom. The summed E-state index contributed by atoms with van der Waals surface area (Å²) in [6.45, 7) is 8.53. The van der Waals surface area contributed by atoms with Crippen molar-refractivity contribution in [3.63, 3.8) is 0 Å². The van der Waals surface area contributed by atoms with Crippen LogP contribution in [0.25, 0.3) is 0 Å². The molecule has 0 fully saturated rings. The van der Waals surface area contributed by atoms with Crippen LogP contribution in [0.2, 0.25) is 0 Å². The van der Waals surface area contributed by atoms with E-state index in [1.807, 2.05) is 0 Å². The molecule has 0 aliphatic carbocycles. The van der Waals surface area contributed by atoms with Gasteiger partial charge in [-0.2, -0.15) is 0 Å². The molecule has 0 aliphatic rings. The molecule has 0 saturated heterocycles. The molecule has 13 heavy (non-hydrogen) atoms. The molecular weight excluding hydrogens is 156 g/mol. The van der Waals surface area contributed by atoms with Gasteiger partial charge >= 0.3 is 0 Å². The highest BCUT2D eigenvalue weighted by molar-refractivity contribution is 4.60. The van der Waals surface area contributed by atoms with Crippen molar-refractivity contribution in [3.05, 3.63) is 6.92 Å². The van der Waals surface area contributed by atoms with E-state index in [0.717, 1.165) is 12.3 Å².